The Bertz CT molecular complexity index is 239. The molecule has 0 aliphatic rings. The first-order valence-electron chi connectivity index (χ1n) is 4.48. The first kappa shape index (κ1) is 10.4. The van der Waals surface area contributed by atoms with E-state index in [-0.39, 0.29) is 0 Å². The highest BCUT2D eigenvalue weighted by Gasteiger charge is 1.99. The average molecular weight is 201 g/mol. The van der Waals surface area contributed by atoms with Crippen LogP contribution in [-0.4, -0.2) is 23.4 Å². The van der Waals surface area contributed by atoms with Crippen LogP contribution in [-0.2, 0) is 11.2 Å². The Kier molecular flexibility index (Phi) is 4.70. The minimum absolute atomic E-state index is 0.531. The topological polar surface area (TPSA) is 61.0 Å². The lowest BCUT2D eigenvalue weighted by Crippen LogP contribution is -1.99. The standard InChI is InChI=1S/C8H15N3OS/c1-2-3-5-12-6-4-7-10-11-8(9)13-7/h2-6H2,1H3,(H2,9,11). The fourth-order valence-corrected chi connectivity index (χ4v) is 1.47. The predicted molar refractivity (Wildman–Crippen MR) is 53.8 cm³/mol. The predicted octanol–water partition coefficient (Wildman–Crippen LogP) is 1.48. The second-order valence-electron chi connectivity index (χ2n) is 2.75. The van der Waals surface area contributed by atoms with Crippen LogP contribution in [0.15, 0.2) is 0 Å². The molecule has 0 amide bonds. The molecule has 0 aromatic carbocycles. The Morgan fingerprint density at radius 1 is 1.38 bits per heavy atom. The molecule has 4 nitrogen and oxygen atoms in total. The number of unbranched alkanes of at least 4 members (excludes halogenated alkanes) is 1. The normalized spacial score (nSPS) is 10.5. The second kappa shape index (κ2) is 5.88. The minimum atomic E-state index is 0.531. The number of rotatable bonds is 6. The average Bonchev–Trinajstić information content (AvgIpc) is 2.51. The molecule has 0 unspecified atom stereocenters. The zero-order valence-electron chi connectivity index (χ0n) is 7.82. The van der Waals surface area contributed by atoms with Gasteiger partial charge in [0, 0.05) is 13.0 Å². The van der Waals surface area contributed by atoms with Crippen LogP contribution in [0.3, 0.4) is 0 Å². The third-order valence-corrected chi connectivity index (χ3v) is 2.40. The van der Waals surface area contributed by atoms with Crippen molar-refractivity contribution in [3.63, 3.8) is 0 Å². The van der Waals surface area contributed by atoms with E-state index in [2.05, 4.69) is 17.1 Å². The number of ether oxygens (including phenoxy) is 1. The van der Waals surface area contributed by atoms with Gasteiger partial charge < -0.3 is 10.5 Å². The molecule has 0 saturated carbocycles. The number of anilines is 1. The van der Waals surface area contributed by atoms with Gasteiger partial charge in [-0.25, -0.2) is 0 Å². The largest absolute Gasteiger partial charge is 0.381 e. The van der Waals surface area contributed by atoms with Crippen molar-refractivity contribution < 1.29 is 4.74 Å². The summed E-state index contributed by atoms with van der Waals surface area (Å²) < 4.78 is 5.39. The summed E-state index contributed by atoms with van der Waals surface area (Å²) in [6.07, 6.45) is 3.11. The molecule has 0 aliphatic heterocycles. The van der Waals surface area contributed by atoms with Crippen molar-refractivity contribution in [2.75, 3.05) is 18.9 Å². The molecule has 0 fully saturated rings. The van der Waals surface area contributed by atoms with Gasteiger partial charge in [-0.05, 0) is 6.42 Å². The lowest BCUT2D eigenvalue weighted by atomic mass is 10.4. The molecule has 0 spiro atoms. The Labute approximate surface area is 82.1 Å². The molecule has 0 radical (unpaired) electrons. The summed E-state index contributed by atoms with van der Waals surface area (Å²) in [7, 11) is 0. The van der Waals surface area contributed by atoms with Gasteiger partial charge in [0.25, 0.3) is 0 Å². The van der Waals surface area contributed by atoms with Crippen LogP contribution in [0.1, 0.15) is 24.8 Å². The lowest BCUT2D eigenvalue weighted by Gasteiger charge is -1.99. The van der Waals surface area contributed by atoms with E-state index in [1.807, 2.05) is 0 Å². The third-order valence-electron chi connectivity index (χ3n) is 1.58. The van der Waals surface area contributed by atoms with E-state index >= 15 is 0 Å². The maximum Gasteiger partial charge on any atom is 0.203 e. The molecule has 5 heteroatoms. The van der Waals surface area contributed by atoms with E-state index in [9.17, 15) is 0 Å². The van der Waals surface area contributed by atoms with Crippen LogP contribution in [0, 0.1) is 0 Å². The van der Waals surface area contributed by atoms with Gasteiger partial charge in [-0.1, -0.05) is 24.7 Å². The fourth-order valence-electron chi connectivity index (χ4n) is 0.876. The van der Waals surface area contributed by atoms with Crippen LogP contribution < -0.4 is 5.73 Å². The molecule has 74 valence electrons. The molecule has 0 atom stereocenters. The summed E-state index contributed by atoms with van der Waals surface area (Å²) in [5.74, 6) is 0. The summed E-state index contributed by atoms with van der Waals surface area (Å²) >= 11 is 1.43. The molecule has 0 aliphatic carbocycles. The maximum atomic E-state index is 5.43. The van der Waals surface area contributed by atoms with Crippen LogP contribution in [0.4, 0.5) is 5.13 Å². The highest BCUT2D eigenvalue weighted by Crippen LogP contribution is 2.11. The zero-order chi connectivity index (χ0) is 9.52. The maximum absolute atomic E-state index is 5.43. The van der Waals surface area contributed by atoms with Crippen LogP contribution in [0.2, 0.25) is 0 Å². The van der Waals surface area contributed by atoms with E-state index in [1.54, 1.807) is 0 Å². The third kappa shape index (κ3) is 4.19. The van der Waals surface area contributed by atoms with E-state index < -0.39 is 0 Å². The number of nitrogen functional groups attached to an aromatic ring is 1. The van der Waals surface area contributed by atoms with Gasteiger partial charge in [-0.2, -0.15) is 0 Å². The van der Waals surface area contributed by atoms with Crippen molar-refractivity contribution in [3.8, 4) is 0 Å². The Morgan fingerprint density at radius 3 is 2.85 bits per heavy atom. The molecular formula is C8H15N3OS. The Morgan fingerprint density at radius 2 is 2.23 bits per heavy atom. The molecule has 1 aromatic rings. The smallest absolute Gasteiger partial charge is 0.203 e. The van der Waals surface area contributed by atoms with Crippen molar-refractivity contribution in [2.24, 2.45) is 0 Å². The Hall–Kier alpha value is -0.680. The summed E-state index contributed by atoms with van der Waals surface area (Å²) in [5.41, 5.74) is 5.43. The Balaban J connectivity index is 2.06. The number of aromatic nitrogens is 2. The number of hydrogen-bond donors (Lipinski definition) is 1. The molecule has 0 bridgehead atoms. The van der Waals surface area contributed by atoms with Gasteiger partial charge in [0.15, 0.2) is 0 Å². The molecule has 1 heterocycles. The van der Waals surface area contributed by atoms with E-state index in [0.717, 1.165) is 24.5 Å². The lowest BCUT2D eigenvalue weighted by molar-refractivity contribution is 0.134. The van der Waals surface area contributed by atoms with E-state index in [0.29, 0.717) is 11.7 Å². The van der Waals surface area contributed by atoms with Gasteiger partial charge in [0.1, 0.15) is 5.01 Å². The van der Waals surface area contributed by atoms with Crippen LogP contribution in [0.5, 0.6) is 0 Å². The van der Waals surface area contributed by atoms with E-state index in [4.69, 9.17) is 10.5 Å². The SMILES string of the molecule is CCCCOCCc1nnc(N)s1. The van der Waals surface area contributed by atoms with Gasteiger partial charge in [-0.15, -0.1) is 10.2 Å². The first-order chi connectivity index (χ1) is 6.33. The van der Waals surface area contributed by atoms with E-state index in [1.165, 1.54) is 17.8 Å². The summed E-state index contributed by atoms with van der Waals surface area (Å²) in [6, 6.07) is 0. The quantitative estimate of drug-likeness (QED) is 0.708. The van der Waals surface area contributed by atoms with Crippen molar-refractivity contribution >= 4 is 16.5 Å². The molecule has 1 rings (SSSR count). The summed E-state index contributed by atoms with van der Waals surface area (Å²) in [5, 5.41) is 9.10. The van der Waals surface area contributed by atoms with Crippen molar-refractivity contribution in [1.82, 2.24) is 10.2 Å². The monoisotopic (exact) mass is 201 g/mol. The highest BCUT2D eigenvalue weighted by molar-refractivity contribution is 7.15. The number of nitrogens with two attached hydrogens (primary N) is 1. The van der Waals surface area contributed by atoms with Crippen LogP contribution >= 0.6 is 11.3 Å². The summed E-state index contributed by atoms with van der Waals surface area (Å²) in [4.78, 5) is 0. The van der Waals surface area contributed by atoms with Crippen molar-refractivity contribution in [3.05, 3.63) is 5.01 Å². The first-order valence-corrected chi connectivity index (χ1v) is 5.30. The van der Waals surface area contributed by atoms with Crippen molar-refractivity contribution in [1.29, 1.82) is 0 Å². The number of nitrogens with zero attached hydrogens (tertiary/aromatic N) is 2. The van der Waals surface area contributed by atoms with Gasteiger partial charge in [-0.3, -0.25) is 0 Å². The van der Waals surface area contributed by atoms with Gasteiger partial charge in [0.05, 0.1) is 6.61 Å². The molecule has 2 N–H and O–H groups in total. The second-order valence-corrected chi connectivity index (χ2v) is 3.84. The highest BCUT2D eigenvalue weighted by atomic mass is 32.1. The molecule has 1 aromatic heterocycles. The zero-order valence-corrected chi connectivity index (χ0v) is 8.64. The fraction of sp³-hybridized carbons (Fsp3) is 0.750. The molecular weight excluding hydrogens is 186 g/mol. The van der Waals surface area contributed by atoms with Crippen LogP contribution in [0.25, 0.3) is 0 Å². The van der Waals surface area contributed by atoms with Gasteiger partial charge in [0.2, 0.25) is 5.13 Å². The van der Waals surface area contributed by atoms with Gasteiger partial charge >= 0.3 is 0 Å². The van der Waals surface area contributed by atoms with Crippen molar-refractivity contribution in [2.45, 2.75) is 26.2 Å². The minimum Gasteiger partial charge on any atom is -0.381 e. The summed E-state index contributed by atoms with van der Waals surface area (Å²) in [6.45, 7) is 3.70. The number of hydrogen-bond acceptors (Lipinski definition) is 5. The molecule has 0 saturated heterocycles. The molecule has 13 heavy (non-hydrogen) atoms.